The number of ether oxygens (including phenoxy) is 1. The van der Waals surface area contributed by atoms with Crippen molar-refractivity contribution in [3.8, 4) is 0 Å². The summed E-state index contributed by atoms with van der Waals surface area (Å²) in [7, 11) is 0. The van der Waals surface area contributed by atoms with Crippen LogP contribution in [0.4, 0.5) is 0 Å². The normalized spacial score (nSPS) is 53.1. The maximum Gasteiger partial charge on any atom is 0.331 e. The Bertz CT molecular complexity index is 703. The molecule has 0 aromatic rings. The van der Waals surface area contributed by atoms with Crippen molar-refractivity contribution in [3.05, 3.63) is 11.6 Å². The van der Waals surface area contributed by atoms with E-state index in [1.54, 1.807) is 6.08 Å². The highest BCUT2D eigenvalue weighted by Crippen LogP contribution is 2.69. The third-order valence-electron chi connectivity index (χ3n) is 9.95. The summed E-state index contributed by atoms with van der Waals surface area (Å²) in [4.78, 5) is 11.6. The van der Waals surface area contributed by atoms with Crippen LogP contribution in [0.5, 0.6) is 0 Å². The lowest BCUT2D eigenvalue weighted by Gasteiger charge is -2.64. The van der Waals surface area contributed by atoms with Crippen molar-refractivity contribution in [1.82, 2.24) is 0 Å². The van der Waals surface area contributed by atoms with E-state index < -0.39 is 5.60 Å². The molecule has 4 aliphatic carbocycles. The zero-order valence-electron chi connectivity index (χ0n) is 16.9. The molecule has 0 amide bonds. The molecular formula is C23H34O5. The van der Waals surface area contributed by atoms with Crippen LogP contribution in [0.25, 0.3) is 0 Å². The SMILES string of the molecule is C[C@]12CC[C@H]3[C@@H](CC[C@@H]4C[C@H](O)CC[C@@]43CO)[C@@]1(O)CC[C@@H]2C1=CC(=O)OC1. The molecule has 1 aliphatic heterocycles. The van der Waals surface area contributed by atoms with Gasteiger partial charge in [0.2, 0.25) is 0 Å². The van der Waals surface area contributed by atoms with Gasteiger partial charge in [-0.1, -0.05) is 6.92 Å². The van der Waals surface area contributed by atoms with Crippen LogP contribution in [0.15, 0.2) is 11.6 Å². The summed E-state index contributed by atoms with van der Waals surface area (Å²) in [5.74, 6) is 0.866. The molecule has 4 saturated carbocycles. The van der Waals surface area contributed by atoms with E-state index in [1.165, 1.54) is 0 Å². The number of cyclic esters (lactones) is 1. The van der Waals surface area contributed by atoms with Crippen LogP contribution in [0.3, 0.4) is 0 Å². The highest BCUT2D eigenvalue weighted by atomic mass is 16.5. The molecule has 0 saturated heterocycles. The van der Waals surface area contributed by atoms with E-state index in [0.717, 1.165) is 63.4 Å². The Balaban J connectivity index is 1.48. The van der Waals surface area contributed by atoms with Crippen molar-refractivity contribution >= 4 is 5.97 Å². The van der Waals surface area contributed by atoms with Crippen molar-refractivity contribution < 1.29 is 24.9 Å². The van der Waals surface area contributed by atoms with Crippen LogP contribution in [0.1, 0.15) is 64.7 Å². The first-order valence-electron chi connectivity index (χ1n) is 11.2. The van der Waals surface area contributed by atoms with Crippen LogP contribution in [-0.4, -0.2) is 46.2 Å². The van der Waals surface area contributed by atoms with Gasteiger partial charge < -0.3 is 20.1 Å². The second-order valence-corrected chi connectivity index (χ2v) is 10.6. The Labute approximate surface area is 167 Å². The molecule has 1 heterocycles. The minimum Gasteiger partial charge on any atom is -0.458 e. The van der Waals surface area contributed by atoms with E-state index in [0.29, 0.717) is 18.4 Å². The molecule has 3 N–H and O–H groups in total. The Hall–Kier alpha value is -0.910. The zero-order chi connectivity index (χ0) is 19.7. The molecular weight excluding hydrogens is 356 g/mol. The lowest BCUT2D eigenvalue weighted by Crippen LogP contribution is -2.63. The Morgan fingerprint density at radius 3 is 2.64 bits per heavy atom. The molecule has 0 aromatic heterocycles. The molecule has 0 spiro atoms. The number of esters is 1. The number of aliphatic hydroxyl groups excluding tert-OH is 2. The van der Waals surface area contributed by atoms with Crippen molar-refractivity contribution in [1.29, 1.82) is 0 Å². The molecule has 156 valence electrons. The Morgan fingerprint density at radius 1 is 1.11 bits per heavy atom. The van der Waals surface area contributed by atoms with Crippen LogP contribution in [0.2, 0.25) is 0 Å². The van der Waals surface area contributed by atoms with E-state index in [2.05, 4.69) is 6.92 Å². The van der Waals surface area contributed by atoms with E-state index in [9.17, 15) is 20.1 Å². The third kappa shape index (κ3) is 2.33. The largest absolute Gasteiger partial charge is 0.458 e. The molecule has 4 fully saturated rings. The van der Waals surface area contributed by atoms with Gasteiger partial charge >= 0.3 is 5.97 Å². The van der Waals surface area contributed by atoms with Crippen LogP contribution in [-0.2, 0) is 9.53 Å². The second kappa shape index (κ2) is 6.29. The number of carbonyl (C=O) groups excluding carboxylic acids is 1. The number of hydrogen-bond donors (Lipinski definition) is 3. The third-order valence-corrected chi connectivity index (χ3v) is 9.95. The average molecular weight is 391 g/mol. The van der Waals surface area contributed by atoms with Crippen molar-refractivity contribution in [2.75, 3.05) is 13.2 Å². The summed E-state index contributed by atoms with van der Waals surface area (Å²) in [5, 5.41) is 32.8. The van der Waals surface area contributed by atoms with Crippen LogP contribution in [0, 0.1) is 34.5 Å². The molecule has 5 nitrogen and oxygen atoms in total. The minimum atomic E-state index is -0.740. The number of carbonyl (C=O) groups is 1. The lowest BCUT2D eigenvalue weighted by molar-refractivity contribution is -0.219. The van der Waals surface area contributed by atoms with Gasteiger partial charge in [-0.2, -0.15) is 0 Å². The number of rotatable bonds is 2. The molecule has 28 heavy (non-hydrogen) atoms. The monoisotopic (exact) mass is 390 g/mol. The molecule has 5 heteroatoms. The van der Waals surface area contributed by atoms with Crippen molar-refractivity contribution in [2.24, 2.45) is 34.5 Å². The quantitative estimate of drug-likeness (QED) is 0.631. The second-order valence-electron chi connectivity index (χ2n) is 10.6. The first-order chi connectivity index (χ1) is 13.3. The van der Waals surface area contributed by atoms with E-state index >= 15 is 0 Å². The van der Waals surface area contributed by atoms with Gasteiger partial charge in [0, 0.05) is 18.1 Å². The van der Waals surface area contributed by atoms with Crippen LogP contribution >= 0.6 is 0 Å². The molecule has 0 unspecified atom stereocenters. The highest BCUT2D eigenvalue weighted by molar-refractivity contribution is 5.85. The predicted octanol–water partition coefficient (Wildman–Crippen LogP) is 2.58. The molecule has 8 atom stereocenters. The fraction of sp³-hybridized carbons (Fsp3) is 0.870. The van der Waals surface area contributed by atoms with Crippen molar-refractivity contribution in [2.45, 2.75) is 76.4 Å². The van der Waals surface area contributed by atoms with Gasteiger partial charge in [0.05, 0.1) is 11.7 Å². The minimum absolute atomic E-state index is 0.136. The van der Waals surface area contributed by atoms with Gasteiger partial charge in [0.25, 0.3) is 0 Å². The van der Waals surface area contributed by atoms with Gasteiger partial charge in [0.15, 0.2) is 0 Å². The van der Waals surface area contributed by atoms with Crippen molar-refractivity contribution in [3.63, 3.8) is 0 Å². The molecule has 0 radical (unpaired) electrons. The lowest BCUT2D eigenvalue weighted by atomic mass is 9.43. The summed E-state index contributed by atoms with van der Waals surface area (Å²) < 4.78 is 5.19. The summed E-state index contributed by atoms with van der Waals surface area (Å²) in [5.41, 5.74) is -0.0431. The fourth-order valence-corrected chi connectivity index (χ4v) is 8.49. The highest BCUT2D eigenvalue weighted by Gasteiger charge is 2.68. The van der Waals surface area contributed by atoms with Gasteiger partial charge in [-0.3, -0.25) is 0 Å². The molecule has 0 bridgehead atoms. The van der Waals surface area contributed by atoms with E-state index in [4.69, 9.17) is 4.74 Å². The number of hydrogen-bond acceptors (Lipinski definition) is 5. The summed E-state index contributed by atoms with van der Waals surface area (Å²) >= 11 is 0. The van der Waals surface area contributed by atoms with Gasteiger partial charge in [-0.05, 0) is 92.4 Å². The zero-order valence-corrected chi connectivity index (χ0v) is 16.9. The Morgan fingerprint density at radius 2 is 1.93 bits per heavy atom. The molecule has 0 aromatic carbocycles. The number of aliphatic hydroxyl groups is 3. The summed E-state index contributed by atoms with van der Waals surface area (Å²) in [6.07, 6.45) is 9.47. The molecule has 5 aliphatic rings. The first-order valence-corrected chi connectivity index (χ1v) is 11.2. The van der Waals surface area contributed by atoms with Gasteiger partial charge in [-0.15, -0.1) is 0 Å². The smallest absolute Gasteiger partial charge is 0.331 e. The standard InChI is InChI=1S/C23H34O5/c1-21-7-5-18-19(3-2-15-11-16(25)4-8-22(15,18)13-24)23(21,27)9-6-17(21)14-10-20(26)28-12-14/h10,15-19,24-25,27H,2-9,11-13H2,1H3/t15-,16-,17-,18+,19-,21-,22-,23+/m1/s1. The first kappa shape index (κ1) is 19.1. The van der Waals surface area contributed by atoms with Crippen LogP contribution < -0.4 is 0 Å². The summed E-state index contributed by atoms with van der Waals surface area (Å²) in [6.45, 7) is 2.78. The average Bonchev–Trinajstić information content (AvgIpc) is 3.22. The molecule has 5 rings (SSSR count). The van der Waals surface area contributed by atoms with Gasteiger partial charge in [-0.25, -0.2) is 4.79 Å². The summed E-state index contributed by atoms with van der Waals surface area (Å²) in [6, 6.07) is 0. The predicted molar refractivity (Wildman–Crippen MR) is 103 cm³/mol. The van der Waals surface area contributed by atoms with E-state index in [1.807, 2.05) is 0 Å². The van der Waals surface area contributed by atoms with Gasteiger partial charge in [0.1, 0.15) is 6.61 Å². The maximum absolute atomic E-state index is 12.1. The fourth-order valence-electron chi connectivity index (χ4n) is 8.49. The van der Waals surface area contributed by atoms with E-state index in [-0.39, 0.29) is 41.3 Å². The maximum atomic E-state index is 12.1. The Kier molecular flexibility index (Phi) is 4.29. The topological polar surface area (TPSA) is 87.0 Å². The number of fused-ring (bicyclic) bond motifs is 5.